The van der Waals surface area contributed by atoms with Crippen molar-refractivity contribution in [2.45, 2.75) is 33.1 Å². The van der Waals surface area contributed by atoms with Gasteiger partial charge in [0.2, 0.25) is 0 Å². The summed E-state index contributed by atoms with van der Waals surface area (Å²) in [5.74, 6) is 0.677. The quantitative estimate of drug-likeness (QED) is 0.771. The molecule has 0 aromatic carbocycles. The summed E-state index contributed by atoms with van der Waals surface area (Å²) in [6, 6.07) is 1.94. The van der Waals surface area contributed by atoms with Crippen molar-refractivity contribution in [2.24, 2.45) is 0 Å². The molecule has 3 nitrogen and oxygen atoms in total. The van der Waals surface area contributed by atoms with Crippen LogP contribution in [-0.4, -0.2) is 15.0 Å². The lowest BCUT2D eigenvalue weighted by Gasteiger charge is -2.10. The normalized spacial score (nSPS) is 10.7. The Balaban J connectivity index is 2.56. The molecule has 0 amide bonds. The van der Waals surface area contributed by atoms with Gasteiger partial charge in [-0.15, -0.1) is 0 Å². The van der Waals surface area contributed by atoms with E-state index >= 15 is 0 Å². The highest BCUT2D eigenvalue weighted by Gasteiger charge is 2.13. The first-order chi connectivity index (χ1) is 9.17. The minimum atomic E-state index is 0.465. The van der Waals surface area contributed by atoms with E-state index in [0.717, 1.165) is 40.6 Å². The fourth-order valence-corrected chi connectivity index (χ4v) is 2.48. The zero-order chi connectivity index (χ0) is 13.8. The van der Waals surface area contributed by atoms with Gasteiger partial charge in [0.15, 0.2) is 5.82 Å². The largest absolute Gasteiger partial charge is 0.264 e. The predicted molar refractivity (Wildman–Crippen MR) is 81.3 cm³/mol. The highest BCUT2D eigenvalue weighted by atomic mass is 79.9. The molecule has 0 atom stereocenters. The smallest absolute Gasteiger partial charge is 0.161 e. The van der Waals surface area contributed by atoms with E-state index < -0.39 is 0 Å². The lowest BCUT2D eigenvalue weighted by molar-refractivity contribution is 0.867. The Bertz CT molecular complexity index is 587. The molecular formula is C14H15BrClN3. The summed E-state index contributed by atoms with van der Waals surface area (Å²) in [6.07, 6.45) is 6.40. The molecule has 0 fully saturated rings. The second-order valence-electron chi connectivity index (χ2n) is 4.24. The molecule has 0 radical (unpaired) electrons. The van der Waals surface area contributed by atoms with Gasteiger partial charge in [-0.3, -0.25) is 4.98 Å². The summed E-state index contributed by atoms with van der Waals surface area (Å²) in [5, 5.41) is 0.465. The van der Waals surface area contributed by atoms with Crippen molar-refractivity contribution >= 4 is 27.5 Å². The fraction of sp³-hybridized carbons (Fsp3) is 0.357. The first-order valence-corrected chi connectivity index (χ1v) is 7.49. The number of hydrogen-bond donors (Lipinski definition) is 0. The second-order valence-corrected chi connectivity index (χ2v) is 5.39. The molecule has 0 bridgehead atoms. The molecule has 2 aromatic rings. The van der Waals surface area contributed by atoms with E-state index in [0.29, 0.717) is 11.0 Å². The monoisotopic (exact) mass is 339 g/mol. The number of halogens is 2. The number of rotatable bonds is 4. The van der Waals surface area contributed by atoms with Crippen LogP contribution in [0, 0.1) is 0 Å². The number of aryl methyl sites for hydroxylation is 2. The Morgan fingerprint density at radius 3 is 2.74 bits per heavy atom. The topological polar surface area (TPSA) is 38.7 Å². The van der Waals surface area contributed by atoms with E-state index in [1.807, 2.05) is 12.3 Å². The molecule has 0 saturated heterocycles. The maximum atomic E-state index is 6.19. The van der Waals surface area contributed by atoms with Gasteiger partial charge in [-0.05, 0) is 40.4 Å². The molecule has 0 aliphatic carbocycles. The Labute approximate surface area is 126 Å². The summed E-state index contributed by atoms with van der Waals surface area (Å²) < 4.78 is 0.798. The molecule has 5 heteroatoms. The van der Waals surface area contributed by atoms with Crippen molar-refractivity contribution < 1.29 is 0 Å². The van der Waals surface area contributed by atoms with Gasteiger partial charge < -0.3 is 0 Å². The maximum absolute atomic E-state index is 6.19. The SMILES string of the molecule is CCCc1nc(-c2ccncc2CC)nc(Cl)c1Br. The minimum absolute atomic E-state index is 0.465. The lowest BCUT2D eigenvalue weighted by Crippen LogP contribution is -2.00. The van der Waals surface area contributed by atoms with Gasteiger partial charge in [0.1, 0.15) is 5.15 Å². The van der Waals surface area contributed by atoms with Crippen LogP contribution in [0.5, 0.6) is 0 Å². The minimum Gasteiger partial charge on any atom is -0.264 e. The van der Waals surface area contributed by atoms with E-state index in [1.165, 1.54) is 0 Å². The van der Waals surface area contributed by atoms with E-state index in [1.54, 1.807) is 6.20 Å². The maximum Gasteiger partial charge on any atom is 0.161 e. The highest BCUT2D eigenvalue weighted by molar-refractivity contribution is 9.10. The molecule has 2 rings (SSSR count). The van der Waals surface area contributed by atoms with Crippen LogP contribution in [0.3, 0.4) is 0 Å². The summed E-state index contributed by atoms with van der Waals surface area (Å²) >= 11 is 9.64. The Hall–Kier alpha value is -1.00. The zero-order valence-electron chi connectivity index (χ0n) is 11.0. The number of hydrogen-bond acceptors (Lipinski definition) is 3. The van der Waals surface area contributed by atoms with E-state index in [2.05, 4.69) is 44.7 Å². The molecule has 2 heterocycles. The summed E-state index contributed by atoms with van der Waals surface area (Å²) in [4.78, 5) is 13.1. The third-order valence-electron chi connectivity index (χ3n) is 2.89. The van der Waals surface area contributed by atoms with Crippen LogP contribution >= 0.6 is 27.5 Å². The predicted octanol–water partition coefficient (Wildman–Crippen LogP) is 4.47. The van der Waals surface area contributed by atoms with Crippen molar-refractivity contribution in [1.29, 1.82) is 0 Å². The van der Waals surface area contributed by atoms with Gasteiger partial charge in [-0.2, -0.15) is 0 Å². The third kappa shape index (κ3) is 3.12. The molecule has 0 unspecified atom stereocenters. The molecule has 19 heavy (non-hydrogen) atoms. The summed E-state index contributed by atoms with van der Waals surface area (Å²) in [5.41, 5.74) is 3.09. The van der Waals surface area contributed by atoms with Gasteiger partial charge in [0.05, 0.1) is 10.2 Å². The average Bonchev–Trinajstić information content (AvgIpc) is 2.43. The average molecular weight is 341 g/mol. The Morgan fingerprint density at radius 2 is 2.05 bits per heavy atom. The van der Waals surface area contributed by atoms with Gasteiger partial charge in [0, 0.05) is 18.0 Å². The number of nitrogens with zero attached hydrogens (tertiary/aromatic N) is 3. The van der Waals surface area contributed by atoms with Gasteiger partial charge in [0.25, 0.3) is 0 Å². The molecule has 0 aliphatic heterocycles. The van der Waals surface area contributed by atoms with E-state index in [-0.39, 0.29) is 0 Å². The molecular weight excluding hydrogens is 326 g/mol. The van der Waals surface area contributed by atoms with Crippen LogP contribution in [0.1, 0.15) is 31.5 Å². The van der Waals surface area contributed by atoms with Gasteiger partial charge >= 0.3 is 0 Å². The fourth-order valence-electron chi connectivity index (χ4n) is 1.91. The first kappa shape index (κ1) is 14.4. The molecule has 2 aromatic heterocycles. The molecule has 100 valence electrons. The lowest BCUT2D eigenvalue weighted by atomic mass is 10.1. The van der Waals surface area contributed by atoms with Crippen molar-refractivity contribution in [3.63, 3.8) is 0 Å². The van der Waals surface area contributed by atoms with Crippen molar-refractivity contribution in [3.8, 4) is 11.4 Å². The van der Waals surface area contributed by atoms with E-state index in [9.17, 15) is 0 Å². The van der Waals surface area contributed by atoms with Crippen LogP contribution in [0.4, 0.5) is 0 Å². The number of aromatic nitrogens is 3. The van der Waals surface area contributed by atoms with Crippen LogP contribution < -0.4 is 0 Å². The first-order valence-electron chi connectivity index (χ1n) is 6.32. The molecule has 0 saturated carbocycles. The van der Waals surface area contributed by atoms with Crippen LogP contribution in [0.25, 0.3) is 11.4 Å². The summed E-state index contributed by atoms with van der Waals surface area (Å²) in [7, 11) is 0. The van der Waals surface area contributed by atoms with Crippen LogP contribution in [0.2, 0.25) is 5.15 Å². The van der Waals surface area contributed by atoms with Crippen molar-refractivity contribution in [1.82, 2.24) is 15.0 Å². The number of pyridine rings is 1. The Kier molecular flexibility index (Phi) is 4.88. The summed E-state index contributed by atoms with van der Waals surface area (Å²) in [6.45, 7) is 4.21. The van der Waals surface area contributed by atoms with Crippen LogP contribution in [0.15, 0.2) is 22.9 Å². The Morgan fingerprint density at radius 1 is 1.26 bits per heavy atom. The third-order valence-corrected chi connectivity index (χ3v) is 4.23. The molecule has 0 aliphatic rings. The van der Waals surface area contributed by atoms with E-state index in [4.69, 9.17) is 11.6 Å². The molecule has 0 N–H and O–H groups in total. The van der Waals surface area contributed by atoms with Crippen LogP contribution in [-0.2, 0) is 12.8 Å². The van der Waals surface area contributed by atoms with Crippen molar-refractivity contribution in [2.75, 3.05) is 0 Å². The standard InChI is InChI=1S/C14H15BrClN3/c1-3-5-11-12(15)13(16)19-14(18-11)10-6-7-17-8-9(10)4-2/h6-8H,3-5H2,1-2H3. The van der Waals surface area contributed by atoms with Crippen molar-refractivity contribution in [3.05, 3.63) is 39.3 Å². The highest BCUT2D eigenvalue weighted by Crippen LogP contribution is 2.29. The van der Waals surface area contributed by atoms with Gasteiger partial charge in [-0.1, -0.05) is 31.9 Å². The van der Waals surface area contributed by atoms with Gasteiger partial charge in [-0.25, -0.2) is 9.97 Å². The zero-order valence-corrected chi connectivity index (χ0v) is 13.3. The molecule has 0 spiro atoms. The second kappa shape index (κ2) is 6.44.